The van der Waals surface area contributed by atoms with Gasteiger partial charge in [-0.25, -0.2) is 0 Å². The summed E-state index contributed by atoms with van der Waals surface area (Å²) in [5.74, 6) is -1.01. The van der Waals surface area contributed by atoms with Gasteiger partial charge in [0.2, 0.25) is 5.91 Å². The lowest BCUT2D eigenvalue weighted by Gasteiger charge is -2.32. The van der Waals surface area contributed by atoms with Crippen LogP contribution in [0.3, 0.4) is 0 Å². The molecule has 4 nitrogen and oxygen atoms in total. The minimum absolute atomic E-state index is 0.0591. The molecule has 0 aromatic heterocycles. The Bertz CT molecular complexity index is 520. The Hall–Kier alpha value is -1.84. The van der Waals surface area contributed by atoms with Gasteiger partial charge in [-0.05, 0) is 30.4 Å². The first-order valence-corrected chi connectivity index (χ1v) is 7.13. The monoisotopic (exact) mass is 275 g/mol. The number of carboxylic acids is 1. The molecule has 0 heterocycles. The standard InChI is InChI=1S/C16H21NO3/c1-3-16(4-2,15(19)20)10-17-14(18)13-9-11-7-5-6-8-12(11)13/h5-8,13H,3-4,9-10H2,1-2H3,(H,17,18)(H,19,20). The van der Waals surface area contributed by atoms with Gasteiger partial charge in [0.1, 0.15) is 0 Å². The molecule has 2 N–H and O–H groups in total. The molecule has 2 rings (SSSR count). The molecule has 1 aromatic carbocycles. The summed E-state index contributed by atoms with van der Waals surface area (Å²) in [4.78, 5) is 23.6. The first-order valence-electron chi connectivity index (χ1n) is 7.13. The van der Waals surface area contributed by atoms with Crippen LogP contribution < -0.4 is 5.32 Å². The molecule has 108 valence electrons. The fourth-order valence-corrected chi connectivity index (χ4v) is 2.75. The predicted octanol–water partition coefficient (Wildman–Crippen LogP) is 2.33. The van der Waals surface area contributed by atoms with Crippen molar-refractivity contribution < 1.29 is 14.7 Å². The molecule has 4 heteroatoms. The molecule has 0 spiro atoms. The third kappa shape index (κ3) is 2.42. The number of fused-ring (bicyclic) bond motifs is 1. The normalized spacial score (nSPS) is 17.0. The molecule has 0 aliphatic heterocycles. The van der Waals surface area contributed by atoms with E-state index in [9.17, 15) is 14.7 Å². The first kappa shape index (κ1) is 14.6. The van der Waals surface area contributed by atoms with Crippen LogP contribution in [-0.2, 0) is 16.0 Å². The van der Waals surface area contributed by atoms with E-state index in [0.717, 1.165) is 12.0 Å². The van der Waals surface area contributed by atoms with Crippen LogP contribution in [-0.4, -0.2) is 23.5 Å². The van der Waals surface area contributed by atoms with Gasteiger partial charge in [0.05, 0.1) is 11.3 Å². The Morgan fingerprint density at radius 1 is 1.30 bits per heavy atom. The first-order chi connectivity index (χ1) is 9.54. The molecule has 1 aromatic rings. The highest BCUT2D eigenvalue weighted by molar-refractivity contribution is 5.87. The fraction of sp³-hybridized carbons (Fsp3) is 0.500. The Labute approximate surface area is 119 Å². The average Bonchev–Trinajstić information content (AvgIpc) is 2.41. The van der Waals surface area contributed by atoms with Gasteiger partial charge in [-0.1, -0.05) is 38.1 Å². The van der Waals surface area contributed by atoms with Gasteiger partial charge >= 0.3 is 5.97 Å². The molecule has 1 unspecified atom stereocenters. The van der Waals surface area contributed by atoms with Crippen molar-refractivity contribution in [2.24, 2.45) is 5.41 Å². The topological polar surface area (TPSA) is 66.4 Å². The number of benzene rings is 1. The second kappa shape index (κ2) is 5.65. The summed E-state index contributed by atoms with van der Waals surface area (Å²) in [7, 11) is 0. The maximum atomic E-state index is 12.2. The summed E-state index contributed by atoms with van der Waals surface area (Å²) in [5, 5.41) is 12.2. The molecule has 0 fully saturated rings. The van der Waals surface area contributed by atoms with Gasteiger partial charge in [0, 0.05) is 6.54 Å². The zero-order chi connectivity index (χ0) is 14.8. The van der Waals surface area contributed by atoms with Crippen LogP contribution in [0, 0.1) is 5.41 Å². The van der Waals surface area contributed by atoms with Crippen molar-refractivity contribution in [1.29, 1.82) is 0 Å². The summed E-state index contributed by atoms with van der Waals surface area (Å²) < 4.78 is 0. The Balaban J connectivity index is 1.99. The van der Waals surface area contributed by atoms with Crippen molar-refractivity contribution >= 4 is 11.9 Å². The van der Waals surface area contributed by atoms with Crippen molar-refractivity contribution in [2.45, 2.75) is 39.0 Å². The van der Waals surface area contributed by atoms with E-state index in [-0.39, 0.29) is 18.4 Å². The third-order valence-electron chi connectivity index (χ3n) is 4.58. The van der Waals surface area contributed by atoms with Gasteiger partial charge in [-0.15, -0.1) is 0 Å². The van der Waals surface area contributed by atoms with Crippen LogP contribution >= 0.6 is 0 Å². The zero-order valence-electron chi connectivity index (χ0n) is 12.0. The van der Waals surface area contributed by atoms with Crippen molar-refractivity contribution in [3.8, 4) is 0 Å². The SMILES string of the molecule is CCC(CC)(CNC(=O)C1Cc2ccccc21)C(=O)O. The number of hydrogen-bond donors (Lipinski definition) is 2. The van der Waals surface area contributed by atoms with Gasteiger partial charge in [0.15, 0.2) is 0 Å². The van der Waals surface area contributed by atoms with Crippen LogP contribution in [0.1, 0.15) is 43.7 Å². The van der Waals surface area contributed by atoms with Crippen LogP contribution in [0.4, 0.5) is 0 Å². The van der Waals surface area contributed by atoms with E-state index in [1.54, 1.807) is 0 Å². The lowest BCUT2D eigenvalue weighted by molar-refractivity contribution is -0.149. The van der Waals surface area contributed by atoms with Crippen LogP contribution in [0.15, 0.2) is 24.3 Å². The molecule has 0 bridgehead atoms. The highest BCUT2D eigenvalue weighted by atomic mass is 16.4. The summed E-state index contributed by atoms with van der Waals surface area (Å²) in [6.07, 6.45) is 1.78. The van der Waals surface area contributed by atoms with E-state index >= 15 is 0 Å². The van der Waals surface area contributed by atoms with Crippen molar-refractivity contribution in [3.63, 3.8) is 0 Å². The number of amides is 1. The van der Waals surface area contributed by atoms with Crippen LogP contribution in [0.25, 0.3) is 0 Å². The van der Waals surface area contributed by atoms with Gasteiger partial charge in [0.25, 0.3) is 0 Å². The van der Waals surface area contributed by atoms with Crippen molar-refractivity contribution in [2.75, 3.05) is 6.54 Å². The summed E-state index contributed by atoms with van der Waals surface area (Å²) in [6.45, 7) is 3.90. The highest BCUT2D eigenvalue weighted by Crippen LogP contribution is 2.35. The molecule has 1 amide bonds. The van der Waals surface area contributed by atoms with Gasteiger partial charge in [-0.3, -0.25) is 9.59 Å². The smallest absolute Gasteiger partial charge is 0.311 e. The molecule has 1 atom stereocenters. The molecule has 20 heavy (non-hydrogen) atoms. The highest BCUT2D eigenvalue weighted by Gasteiger charge is 2.37. The van der Waals surface area contributed by atoms with E-state index in [1.807, 2.05) is 38.1 Å². The number of carbonyl (C=O) groups excluding carboxylic acids is 1. The number of carboxylic acid groups (broad SMARTS) is 1. The van der Waals surface area contributed by atoms with E-state index in [4.69, 9.17) is 0 Å². The number of aliphatic carboxylic acids is 1. The second-order valence-corrected chi connectivity index (χ2v) is 5.47. The third-order valence-corrected chi connectivity index (χ3v) is 4.58. The average molecular weight is 275 g/mol. The lowest BCUT2D eigenvalue weighted by Crippen LogP contribution is -2.45. The largest absolute Gasteiger partial charge is 0.481 e. The second-order valence-electron chi connectivity index (χ2n) is 5.47. The van der Waals surface area contributed by atoms with E-state index in [2.05, 4.69) is 5.32 Å². The van der Waals surface area contributed by atoms with Crippen LogP contribution in [0.2, 0.25) is 0 Å². The summed E-state index contributed by atoms with van der Waals surface area (Å²) in [5.41, 5.74) is 1.43. The zero-order valence-corrected chi connectivity index (χ0v) is 12.0. The van der Waals surface area contributed by atoms with E-state index < -0.39 is 11.4 Å². The molecule has 0 radical (unpaired) electrons. The van der Waals surface area contributed by atoms with Gasteiger partial charge in [-0.2, -0.15) is 0 Å². The Morgan fingerprint density at radius 2 is 1.95 bits per heavy atom. The molecular weight excluding hydrogens is 254 g/mol. The molecule has 1 aliphatic rings. The minimum Gasteiger partial charge on any atom is -0.481 e. The fourth-order valence-electron chi connectivity index (χ4n) is 2.75. The molecular formula is C16H21NO3. The minimum atomic E-state index is -0.848. The summed E-state index contributed by atoms with van der Waals surface area (Å²) in [6, 6.07) is 7.89. The number of nitrogens with one attached hydrogen (secondary N) is 1. The summed E-state index contributed by atoms with van der Waals surface area (Å²) >= 11 is 0. The molecule has 0 saturated carbocycles. The van der Waals surface area contributed by atoms with E-state index in [1.165, 1.54) is 5.56 Å². The number of hydrogen-bond acceptors (Lipinski definition) is 2. The molecule has 1 aliphatic carbocycles. The predicted molar refractivity (Wildman–Crippen MR) is 76.5 cm³/mol. The maximum Gasteiger partial charge on any atom is 0.311 e. The number of rotatable bonds is 6. The number of carbonyl (C=O) groups is 2. The van der Waals surface area contributed by atoms with Crippen molar-refractivity contribution in [1.82, 2.24) is 5.32 Å². The van der Waals surface area contributed by atoms with Gasteiger partial charge < -0.3 is 10.4 Å². The van der Waals surface area contributed by atoms with Crippen LogP contribution in [0.5, 0.6) is 0 Å². The van der Waals surface area contributed by atoms with Crippen molar-refractivity contribution in [3.05, 3.63) is 35.4 Å². The Morgan fingerprint density at radius 3 is 2.50 bits per heavy atom. The molecule has 0 saturated heterocycles. The lowest BCUT2D eigenvalue weighted by atomic mass is 9.76. The van der Waals surface area contributed by atoms with E-state index in [0.29, 0.717) is 12.8 Å². The Kier molecular flexibility index (Phi) is 4.12. The maximum absolute atomic E-state index is 12.2. The quantitative estimate of drug-likeness (QED) is 0.837.